The first-order valence-electron chi connectivity index (χ1n) is 11.9. The molecule has 0 saturated heterocycles. The van der Waals surface area contributed by atoms with Gasteiger partial charge in [-0.1, -0.05) is 0 Å². The van der Waals surface area contributed by atoms with Gasteiger partial charge in [0.25, 0.3) is 0 Å². The smallest absolute Gasteiger partial charge is 0.309 e. The number of hydrogen-bond donors (Lipinski definition) is 2. The molecule has 1 aliphatic rings. The predicted octanol–water partition coefficient (Wildman–Crippen LogP) is 4.31. The number of hydrogen-bond acceptors (Lipinski definition) is 10. The van der Waals surface area contributed by atoms with Crippen LogP contribution in [0.5, 0.6) is 0 Å². The summed E-state index contributed by atoms with van der Waals surface area (Å²) in [6, 6.07) is 7.42. The average Bonchev–Trinajstić information content (AvgIpc) is 3.36. The van der Waals surface area contributed by atoms with Crippen molar-refractivity contribution in [3.63, 3.8) is 0 Å². The lowest BCUT2D eigenvalue weighted by Crippen LogP contribution is -2.34. The van der Waals surface area contributed by atoms with Crippen molar-refractivity contribution in [2.45, 2.75) is 51.6 Å². The molecule has 4 rings (SSSR count). The highest BCUT2D eigenvalue weighted by atomic mass is 32.1. The molecule has 3 aromatic heterocycles. The van der Waals surface area contributed by atoms with Crippen molar-refractivity contribution in [1.82, 2.24) is 15.0 Å². The van der Waals surface area contributed by atoms with Crippen molar-refractivity contribution < 1.29 is 24.2 Å². The molecule has 0 radical (unpaired) electrons. The van der Waals surface area contributed by atoms with Gasteiger partial charge >= 0.3 is 11.9 Å². The maximum Gasteiger partial charge on any atom is 0.309 e. The van der Waals surface area contributed by atoms with E-state index in [2.05, 4.69) is 15.3 Å². The third kappa shape index (κ3) is 6.06. The maximum atomic E-state index is 12.1. The van der Waals surface area contributed by atoms with Gasteiger partial charge in [-0.05, 0) is 74.9 Å². The van der Waals surface area contributed by atoms with Crippen LogP contribution in [0, 0.1) is 12.8 Å². The van der Waals surface area contributed by atoms with Gasteiger partial charge in [-0.15, -0.1) is 11.3 Å². The second kappa shape index (κ2) is 11.1. The van der Waals surface area contributed by atoms with Gasteiger partial charge in [0, 0.05) is 12.4 Å². The number of nitrogens with one attached hydrogen (secondary N) is 1. The highest BCUT2D eigenvalue weighted by molar-refractivity contribution is 7.15. The Morgan fingerprint density at radius 1 is 1.19 bits per heavy atom. The molecule has 9 nitrogen and oxygen atoms in total. The normalized spacial score (nSPS) is 19.5. The minimum absolute atomic E-state index is 0.160. The van der Waals surface area contributed by atoms with Crippen LogP contribution in [0.15, 0.2) is 36.7 Å². The minimum atomic E-state index is -1.05. The first-order valence-corrected chi connectivity index (χ1v) is 12.7. The summed E-state index contributed by atoms with van der Waals surface area (Å²) in [6.07, 6.45) is 5.59. The Bertz CT molecular complexity index is 1240. The molecule has 190 valence electrons. The molecule has 1 saturated carbocycles. The molecule has 0 unspecified atom stereocenters. The Morgan fingerprint density at radius 3 is 2.69 bits per heavy atom. The van der Waals surface area contributed by atoms with Gasteiger partial charge in [-0.3, -0.25) is 9.59 Å². The second-order valence-electron chi connectivity index (χ2n) is 8.93. The van der Waals surface area contributed by atoms with Gasteiger partial charge in [0.05, 0.1) is 36.6 Å². The number of anilines is 2. The van der Waals surface area contributed by atoms with E-state index in [4.69, 9.17) is 14.5 Å². The molecule has 0 atom stereocenters. The van der Waals surface area contributed by atoms with Gasteiger partial charge in [-0.25, -0.2) is 15.0 Å². The standard InChI is InChI=1S/C26H30N4O5S/c1-4-35-24(32)18-5-8-26(33,9-6-18)25-28-15-20(36-25)19-11-16(2)12-22(29-19)30-21-13-17(7-10-27-21)14-23(31)34-3/h7,10-13,15,18,33H,4-6,8-9,14H2,1-3H3,(H,27,29,30)/t18-,26+. The number of carbonyl (C=O) groups is 2. The van der Waals surface area contributed by atoms with E-state index in [0.29, 0.717) is 48.9 Å². The van der Waals surface area contributed by atoms with Crippen LogP contribution in [-0.2, 0) is 31.1 Å². The van der Waals surface area contributed by atoms with Crippen molar-refractivity contribution in [3.05, 3.63) is 52.8 Å². The zero-order chi connectivity index (χ0) is 25.7. The van der Waals surface area contributed by atoms with Gasteiger partial charge < -0.3 is 19.9 Å². The van der Waals surface area contributed by atoms with Gasteiger partial charge in [0.1, 0.15) is 22.2 Å². The van der Waals surface area contributed by atoms with E-state index in [1.165, 1.54) is 18.4 Å². The Balaban J connectivity index is 1.49. The Morgan fingerprint density at radius 2 is 1.97 bits per heavy atom. The summed E-state index contributed by atoms with van der Waals surface area (Å²) in [7, 11) is 1.36. The minimum Gasteiger partial charge on any atom is -0.469 e. The molecule has 0 amide bonds. The van der Waals surface area contributed by atoms with Crippen molar-refractivity contribution in [3.8, 4) is 10.6 Å². The molecular weight excluding hydrogens is 480 g/mol. The Labute approximate surface area is 213 Å². The maximum absolute atomic E-state index is 12.1. The summed E-state index contributed by atoms with van der Waals surface area (Å²) < 4.78 is 9.87. The highest BCUT2D eigenvalue weighted by Gasteiger charge is 2.39. The van der Waals surface area contributed by atoms with Crippen LogP contribution >= 0.6 is 11.3 Å². The van der Waals surface area contributed by atoms with Crippen LogP contribution in [0.1, 0.15) is 48.7 Å². The number of esters is 2. The number of carbonyl (C=O) groups excluding carboxylic acids is 2. The summed E-state index contributed by atoms with van der Waals surface area (Å²) in [5.41, 5.74) is 1.46. The second-order valence-corrected chi connectivity index (χ2v) is 9.96. The van der Waals surface area contributed by atoms with Crippen LogP contribution in [0.25, 0.3) is 10.6 Å². The fraction of sp³-hybridized carbons (Fsp3) is 0.423. The lowest BCUT2D eigenvalue weighted by Gasteiger charge is -2.33. The molecule has 0 spiro atoms. The van der Waals surface area contributed by atoms with Crippen molar-refractivity contribution in [1.29, 1.82) is 0 Å². The molecule has 0 aliphatic heterocycles. The van der Waals surface area contributed by atoms with Crippen molar-refractivity contribution in [2.24, 2.45) is 5.92 Å². The van der Waals surface area contributed by atoms with E-state index in [9.17, 15) is 14.7 Å². The summed E-state index contributed by atoms with van der Waals surface area (Å²) in [4.78, 5) is 38.1. The predicted molar refractivity (Wildman–Crippen MR) is 136 cm³/mol. The quantitative estimate of drug-likeness (QED) is 0.427. The van der Waals surface area contributed by atoms with E-state index in [-0.39, 0.29) is 24.3 Å². The summed E-state index contributed by atoms with van der Waals surface area (Å²) >= 11 is 1.41. The molecular formula is C26H30N4O5S. The number of rotatable bonds is 8. The zero-order valence-electron chi connectivity index (χ0n) is 20.6. The van der Waals surface area contributed by atoms with Crippen LogP contribution in [-0.4, -0.2) is 45.7 Å². The van der Waals surface area contributed by atoms with E-state index in [0.717, 1.165) is 21.7 Å². The first kappa shape index (κ1) is 25.7. The fourth-order valence-electron chi connectivity index (χ4n) is 4.29. The Hall–Kier alpha value is -3.37. The Kier molecular flexibility index (Phi) is 7.95. The number of pyridine rings is 2. The van der Waals surface area contributed by atoms with E-state index >= 15 is 0 Å². The third-order valence-corrected chi connectivity index (χ3v) is 7.43. The number of methoxy groups -OCH3 is 1. The topological polar surface area (TPSA) is 124 Å². The SMILES string of the molecule is CCOC(=O)[C@H]1CC[C@](O)(c2ncc(-c3cc(C)cc(Nc4cc(CC(=O)OC)ccn4)n3)s2)CC1. The van der Waals surface area contributed by atoms with Crippen LogP contribution in [0.2, 0.25) is 0 Å². The largest absolute Gasteiger partial charge is 0.469 e. The van der Waals surface area contributed by atoms with E-state index in [1.54, 1.807) is 31.5 Å². The average molecular weight is 511 g/mol. The van der Waals surface area contributed by atoms with Crippen molar-refractivity contribution >= 4 is 34.9 Å². The molecule has 0 bridgehead atoms. The number of aromatic nitrogens is 3. The first-order chi connectivity index (χ1) is 17.3. The molecule has 1 fully saturated rings. The monoisotopic (exact) mass is 510 g/mol. The molecule has 10 heteroatoms. The lowest BCUT2D eigenvalue weighted by atomic mass is 9.79. The third-order valence-electron chi connectivity index (χ3n) is 6.22. The zero-order valence-corrected chi connectivity index (χ0v) is 21.4. The molecule has 3 heterocycles. The van der Waals surface area contributed by atoms with Crippen LogP contribution < -0.4 is 5.32 Å². The lowest BCUT2D eigenvalue weighted by molar-refractivity contribution is -0.151. The molecule has 1 aliphatic carbocycles. The number of aliphatic hydroxyl groups is 1. The summed E-state index contributed by atoms with van der Waals surface area (Å²) in [5, 5.41) is 15.1. The van der Waals surface area contributed by atoms with Crippen LogP contribution in [0.3, 0.4) is 0 Å². The van der Waals surface area contributed by atoms with Crippen LogP contribution in [0.4, 0.5) is 11.6 Å². The molecule has 0 aromatic carbocycles. The number of aryl methyl sites for hydroxylation is 1. The summed E-state index contributed by atoms with van der Waals surface area (Å²) in [6.45, 7) is 4.14. The molecule has 2 N–H and O–H groups in total. The number of thiazole rings is 1. The van der Waals surface area contributed by atoms with E-state index < -0.39 is 5.60 Å². The van der Waals surface area contributed by atoms with Gasteiger partial charge in [0.15, 0.2) is 0 Å². The fourth-order valence-corrected chi connectivity index (χ4v) is 5.32. The van der Waals surface area contributed by atoms with Gasteiger partial charge in [-0.2, -0.15) is 0 Å². The molecule has 36 heavy (non-hydrogen) atoms. The van der Waals surface area contributed by atoms with E-state index in [1.807, 2.05) is 19.1 Å². The number of ether oxygens (including phenoxy) is 2. The number of nitrogens with zero attached hydrogens (tertiary/aromatic N) is 3. The molecule has 3 aromatic rings. The van der Waals surface area contributed by atoms with Gasteiger partial charge in [0.2, 0.25) is 0 Å². The van der Waals surface area contributed by atoms with Crippen molar-refractivity contribution in [2.75, 3.05) is 19.0 Å². The summed E-state index contributed by atoms with van der Waals surface area (Å²) in [5.74, 6) is 0.500. The highest BCUT2D eigenvalue weighted by Crippen LogP contribution is 2.42.